The molecular weight excluding hydrogens is 286 g/mol. The Morgan fingerprint density at radius 2 is 1.82 bits per heavy atom. The lowest BCUT2D eigenvalue weighted by Gasteiger charge is -2.04. The summed E-state index contributed by atoms with van der Waals surface area (Å²) >= 11 is 0. The number of carbonyl (C=O) groups excluding carboxylic acids is 2. The van der Waals surface area contributed by atoms with Crippen molar-refractivity contribution in [2.75, 3.05) is 26.9 Å². The smallest absolute Gasteiger partial charge is 0.305 e. The zero-order valence-electron chi connectivity index (χ0n) is 12.9. The van der Waals surface area contributed by atoms with Gasteiger partial charge in [0, 0.05) is 19.1 Å². The third-order valence-electron chi connectivity index (χ3n) is 2.73. The Hall–Kier alpha value is -2.21. The topological polar surface area (TPSA) is 74.2 Å². The highest BCUT2D eigenvalue weighted by Crippen LogP contribution is 2.02. The highest BCUT2D eigenvalue weighted by atomic mass is 16.6. The molecule has 120 valence electrons. The molecule has 0 saturated carbocycles. The molecule has 0 amide bonds. The number of oxime groups is 1. The lowest BCUT2D eigenvalue weighted by atomic mass is 10.1. The first kappa shape index (κ1) is 17.8. The first-order chi connectivity index (χ1) is 10.6. The van der Waals surface area contributed by atoms with Gasteiger partial charge >= 0.3 is 5.97 Å². The van der Waals surface area contributed by atoms with E-state index in [1.807, 2.05) is 6.07 Å². The first-order valence-corrected chi connectivity index (χ1v) is 7.06. The number of carbonyl (C=O) groups is 2. The van der Waals surface area contributed by atoms with E-state index in [-0.39, 0.29) is 37.1 Å². The van der Waals surface area contributed by atoms with E-state index < -0.39 is 0 Å². The quantitative estimate of drug-likeness (QED) is 0.218. The molecule has 0 heterocycles. The van der Waals surface area contributed by atoms with Gasteiger partial charge in [0.1, 0.15) is 18.9 Å². The van der Waals surface area contributed by atoms with Crippen molar-refractivity contribution in [2.45, 2.75) is 19.8 Å². The minimum atomic E-state index is -0.304. The van der Waals surface area contributed by atoms with Crippen molar-refractivity contribution < 1.29 is 23.9 Å². The maximum Gasteiger partial charge on any atom is 0.305 e. The van der Waals surface area contributed by atoms with Crippen molar-refractivity contribution in [1.29, 1.82) is 0 Å². The first-order valence-electron chi connectivity index (χ1n) is 7.06. The fourth-order valence-electron chi connectivity index (χ4n) is 1.57. The van der Waals surface area contributed by atoms with Crippen LogP contribution in [0.5, 0.6) is 0 Å². The molecule has 22 heavy (non-hydrogen) atoms. The predicted molar refractivity (Wildman–Crippen MR) is 81.9 cm³/mol. The second-order valence-electron chi connectivity index (χ2n) is 4.52. The largest absolute Gasteiger partial charge is 0.463 e. The summed E-state index contributed by atoms with van der Waals surface area (Å²) in [6.45, 7) is 2.47. The van der Waals surface area contributed by atoms with Crippen LogP contribution in [-0.2, 0) is 19.1 Å². The molecule has 0 fully saturated rings. The molecule has 0 spiro atoms. The Labute approximate surface area is 130 Å². The predicted octanol–water partition coefficient (Wildman–Crippen LogP) is 2.23. The van der Waals surface area contributed by atoms with E-state index in [4.69, 9.17) is 14.3 Å². The molecule has 1 aromatic rings. The summed E-state index contributed by atoms with van der Waals surface area (Å²) in [6, 6.07) is 8.85. The number of ether oxygens (including phenoxy) is 2. The van der Waals surface area contributed by atoms with Crippen molar-refractivity contribution >= 4 is 17.5 Å². The molecule has 0 bridgehead atoms. The van der Waals surface area contributed by atoms with Crippen LogP contribution in [0, 0.1) is 0 Å². The minimum absolute atomic E-state index is 0.181. The number of Topliss-reactive ketones (excluding diaryl/α,β-unsaturated/α-hetero) is 1. The van der Waals surface area contributed by atoms with Crippen molar-refractivity contribution in [3.05, 3.63) is 35.9 Å². The molecule has 0 unspecified atom stereocenters. The van der Waals surface area contributed by atoms with Crippen molar-refractivity contribution in [1.82, 2.24) is 0 Å². The second kappa shape index (κ2) is 10.5. The van der Waals surface area contributed by atoms with Gasteiger partial charge in [-0.2, -0.15) is 0 Å². The molecule has 0 N–H and O–H groups in total. The van der Waals surface area contributed by atoms with Crippen molar-refractivity contribution in [2.24, 2.45) is 5.16 Å². The van der Waals surface area contributed by atoms with E-state index >= 15 is 0 Å². The monoisotopic (exact) mass is 307 g/mol. The highest BCUT2D eigenvalue weighted by molar-refractivity contribution is 6.45. The molecule has 6 heteroatoms. The molecule has 0 radical (unpaired) electrons. The molecular formula is C16H21NO5. The summed E-state index contributed by atoms with van der Waals surface area (Å²) in [7, 11) is 1.54. The van der Waals surface area contributed by atoms with Crippen LogP contribution in [0.3, 0.4) is 0 Å². The van der Waals surface area contributed by atoms with Gasteiger partial charge in [-0.3, -0.25) is 9.59 Å². The Morgan fingerprint density at radius 3 is 2.50 bits per heavy atom. The van der Waals surface area contributed by atoms with E-state index in [1.54, 1.807) is 38.3 Å². The number of hydrogen-bond donors (Lipinski definition) is 0. The highest BCUT2D eigenvalue weighted by Gasteiger charge is 2.09. The van der Waals surface area contributed by atoms with Crippen LogP contribution in [0.25, 0.3) is 0 Å². The van der Waals surface area contributed by atoms with Crippen LogP contribution in [-0.4, -0.2) is 44.4 Å². The number of nitrogens with zero attached hydrogens (tertiary/aromatic N) is 1. The van der Waals surface area contributed by atoms with Crippen molar-refractivity contribution in [3.8, 4) is 0 Å². The van der Waals surface area contributed by atoms with Gasteiger partial charge in [0.15, 0.2) is 0 Å². The van der Waals surface area contributed by atoms with Gasteiger partial charge < -0.3 is 14.3 Å². The summed E-state index contributed by atoms with van der Waals surface area (Å²) in [6.07, 6.45) is 0.715. The molecule has 1 aromatic carbocycles. The number of hydrogen-bond acceptors (Lipinski definition) is 6. The number of esters is 1. The van der Waals surface area contributed by atoms with Gasteiger partial charge in [0.2, 0.25) is 5.78 Å². The van der Waals surface area contributed by atoms with E-state index in [0.717, 1.165) is 0 Å². The average Bonchev–Trinajstić information content (AvgIpc) is 2.54. The van der Waals surface area contributed by atoms with Gasteiger partial charge in [0.25, 0.3) is 0 Å². The second-order valence-corrected chi connectivity index (χ2v) is 4.52. The number of ketones is 1. The molecule has 1 rings (SSSR count). The summed E-state index contributed by atoms with van der Waals surface area (Å²) in [5.74, 6) is -0.485. The Balaban J connectivity index is 2.22. The van der Waals surface area contributed by atoms with Crippen LogP contribution in [0.4, 0.5) is 0 Å². The lowest BCUT2D eigenvalue weighted by molar-refractivity contribution is -0.145. The van der Waals surface area contributed by atoms with Gasteiger partial charge in [-0.05, 0) is 13.3 Å². The molecule has 0 aliphatic carbocycles. The third kappa shape index (κ3) is 6.99. The number of methoxy groups -OCH3 is 1. The van der Waals surface area contributed by atoms with Crippen LogP contribution in [0.2, 0.25) is 0 Å². The van der Waals surface area contributed by atoms with Crippen LogP contribution in [0.15, 0.2) is 35.5 Å². The molecule has 0 atom stereocenters. The third-order valence-corrected chi connectivity index (χ3v) is 2.73. The van der Waals surface area contributed by atoms with E-state index in [1.165, 1.54) is 0 Å². The van der Waals surface area contributed by atoms with Gasteiger partial charge in [-0.15, -0.1) is 0 Å². The zero-order valence-corrected chi connectivity index (χ0v) is 12.9. The Kier molecular flexibility index (Phi) is 8.52. The summed E-state index contributed by atoms with van der Waals surface area (Å²) < 4.78 is 9.67. The Bertz CT molecular complexity index is 499. The summed E-state index contributed by atoms with van der Waals surface area (Å²) in [5.41, 5.74) is 0.836. The Morgan fingerprint density at radius 1 is 1.09 bits per heavy atom. The molecule has 0 aliphatic rings. The standard InChI is InChI=1S/C16H21NO5/c1-13(16(19)14-7-4-3-5-8-14)17-22-10-6-9-15(18)21-12-11-20-2/h3-5,7-8H,6,9-12H2,1-2H3/b17-13+. The number of rotatable bonds is 10. The van der Waals surface area contributed by atoms with E-state index in [2.05, 4.69) is 5.16 Å². The molecule has 0 aromatic heterocycles. The molecule has 0 aliphatic heterocycles. The molecule has 0 saturated heterocycles. The minimum Gasteiger partial charge on any atom is -0.463 e. The maximum atomic E-state index is 12.0. The average molecular weight is 307 g/mol. The van der Waals surface area contributed by atoms with Gasteiger partial charge in [0.05, 0.1) is 6.61 Å². The summed E-state index contributed by atoms with van der Waals surface area (Å²) in [5, 5.41) is 3.77. The van der Waals surface area contributed by atoms with Gasteiger partial charge in [-0.1, -0.05) is 35.5 Å². The van der Waals surface area contributed by atoms with E-state index in [0.29, 0.717) is 18.6 Å². The van der Waals surface area contributed by atoms with E-state index in [9.17, 15) is 9.59 Å². The van der Waals surface area contributed by atoms with Crippen LogP contribution in [0.1, 0.15) is 30.1 Å². The maximum absolute atomic E-state index is 12.0. The normalized spacial score (nSPS) is 11.1. The molecule has 6 nitrogen and oxygen atoms in total. The summed E-state index contributed by atoms with van der Waals surface area (Å²) in [4.78, 5) is 28.3. The fourth-order valence-corrected chi connectivity index (χ4v) is 1.57. The number of benzene rings is 1. The lowest BCUT2D eigenvalue weighted by Crippen LogP contribution is -2.12. The SMILES string of the molecule is COCCOC(=O)CCCO/N=C(\C)C(=O)c1ccccc1. The van der Waals surface area contributed by atoms with Crippen molar-refractivity contribution in [3.63, 3.8) is 0 Å². The van der Waals surface area contributed by atoms with Crippen LogP contribution < -0.4 is 0 Å². The fraction of sp³-hybridized carbons (Fsp3) is 0.438. The van der Waals surface area contributed by atoms with Crippen LogP contribution >= 0.6 is 0 Å². The van der Waals surface area contributed by atoms with Gasteiger partial charge in [-0.25, -0.2) is 0 Å². The zero-order chi connectivity index (χ0) is 16.2.